The first-order valence-corrected chi connectivity index (χ1v) is 9.84. The number of methoxy groups -OCH3 is 2. The van der Waals surface area contributed by atoms with E-state index in [0.717, 1.165) is 10.2 Å². The fraction of sp³-hybridized carbons (Fsp3) is 0.250. The van der Waals surface area contributed by atoms with Crippen LogP contribution in [0.4, 0.5) is 15.6 Å². The van der Waals surface area contributed by atoms with Crippen molar-refractivity contribution < 1.29 is 19.1 Å². The minimum atomic E-state index is -0.281. The smallest absolute Gasteiger partial charge is 0.325 e. The number of anilines is 2. The Labute approximate surface area is 171 Å². The largest absolute Gasteiger partial charge is 0.497 e. The van der Waals surface area contributed by atoms with Gasteiger partial charge in [0.15, 0.2) is 5.13 Å². The minimum absolute atomic E-state index is 0.0441. The maximum atomic E-state index is 12.9. The van der Waals surface area contributed by atoms with Gasteiger partial charge >= 0.3 is 6.03 Å². The molecule has 0 saturated carbocycles. The van der Waals surface area contributed by atoms with E-state index in [0.29, 0.717) is 35.4 Å². The number of rotatable bonds is 6. The summed E-state index contributed by atoms with van der Waals surface area (Å²) in [7, 11) is 3.12. The van der Waals surface area contributed by atoms with Gasteiger partial charge in [-0.3, -0.25) is 9.69 Å². The Morgan fingerprint density at radius 1 is 1.17 bits per heavy atom. The molecule has 4 rings (SSSR count). The minimum Gasteiger partial charge on any atom is -0.497 e. The van der Waals surface area contributed by atoms with Crippen molar-refractivity contribution in [2.75, 3.05) is 44.1 Å². The van der Waals surface area contributed by atoms with E-state index in [9.17, 15) is 9.59 Å². The molecule has 2 heterocycles. The molecule has 0 spiro atoms. The van der Waals surface area contributed by atoms with Crippen molar-refractivity contribution >= 4 is 44.3 Å². The number of nitrogens with zero attached hydrogens (tertiary/aromatic N) is 3. The van der Waals surface area contributed by atoms with Crippen LogP contribution in [0, 0.1) is 0 Å². The van der Waals surface area contributed by atoms with Gasteiger partial charge in [-0.25, -0.2) is 9.78 Å². The van der Waals surface area contributed by atoms with Crippen molar-refractivity contribution in [2.24, 2.45) is 0 Å². The summed E-state index contributed by atoms with van der Waals surface area (Å²) >= 11 is 1.40. The summed E-state index contributed by atoms with van der Waals surface area (Å²) in [5, 5.41) is 3.31. The van der Waals surface area contributed by atoms with E-state index in [1.165, 1.54) is 16.2 Å². The third kappa shape index (κ3) is 3.81. The third-order valence-corrected chi connectivity index (χ3v) is 5.60. The maximum absolute atomic E-state index is 12.9. The molecule has 0 aliphatic carbocycles. The van der Waals surface area contributed by atoms with E-state index in [1.807, 2.05) is 24.3 Å². The Bertz CT molecular complexity index is 1030. The average Bonchev–Trinajstić information content (AvgIpc) is 3.30. The highest BCUT2D eigenvalue weighted by Gasteiger charge is 2.32. The fourth-order valence-corrected chi connectivity index (χ4v) is 4.10. The van der Waals surface area contributed by atoms with Crippen molar-refractivity contribution in [1.29, 1.82) is 0 Å². The summed E-state index contributed by atoms with van der Waals surface area (Å²) in [5.74, 6) is 0.914. The van der Waals surface area contributed by atoms with Crippen LogP contribution in [-0.2, 0) is 4.79 Å². The molecule has 1 N–H and O–H groups in total. The predicted octanol–water partition coefficient (Wildman–Crippen LogP) is 3.19. The van der Waals surface area contributed by atoms with Crippen LogP contribution in [-0.4, -0.2) is 55.7 Å². The molecule has 0 bridgehead atoms. The van der Waals surface area contributed by atoms with Gasteiger partial charge in [-0.2, -0.15) is 0 Å². The number of fused-ring (bicyclic) bond motifs is 1. The van der Waals surface area contributed by atoms with E-state index in [2.05, 4.69) is 10.3 Å². The van der Waals surface area contributed by atoms with Gasteiger partial charge in [0, 0.05) is 19.2 Å². The lowest BCUT2D eigenvalue weighted by atomic mass is 10.2. The molecule has 0 radical (unpaired) electrons. The number of nitrogens with one attached hydrogen (secondary N) is 1. The van der Waals surface area contributed by atoms with E-state index in [-0.39, 0.29) is 18.5 Å². The molecular weight excluding hydrogens is 392 g/mol. The molecule has 8 nitrogen and oxygen atoms in total. The maximum Gasteiger partial charge on any atom is 0.325 e. The summed E-state index contributed by atoms with van der Waals surface area (Å²) in [4.78, 5) is 32.8. The lowest BCUT2D eigenvalue weighted by Crippen LogP contribution is -2.37. The normalized spacial score (nSPS) is 13.8. The van der Waals surface area contributed by atoms with Crippen LogP contribution in [0.5, 0.6) is 11.5 Å². The first-order valence-electron chi connectivity index (χ1n) is 9.03. The van der Waals surface area contributed by atoms with Crippen molar-refractivity contribution in [3.05, 3.63) is 42.5 Å². The van der Waals surface area contributed by atoms with E-state index < -0.39 is 0 Å². The number of aromatic nitrogens is 1. The standard InChI is InChI=1S/C20H20N4O4S/c1-27-13-7-8-16(28-2)15(11-13)24-10-9-23(20(24)26)12-18(25)22-19-21-14-5-3-4-6-17(14)29-19/h3-8,11H,9-10,12H2,1-2H3,(H,21,22,25). The van der Waals surface area contributed by atoms with Crippen LogP contribution >= 0.6 is 11.3 Å². The number of thiazole rings is 1. The molecule has 3 amide bonds. The molecule has 1 aliphatic rings. The van der Waals surface area contributed by atoms with Crippen LogP contribution in [0.3, 0.4) is 0 Å². The van der Waals surface area contributed by atoms with Gasteiger partial charge in [-0.15, -0.1) is 0 Å². The highest BCUT2D eigenvalue weighted by molar-refractivity contribution is 7.22. The number of carbonyl (C=O) groups excluding carboxylic acids is 2. The van der Waals surface area contributed by atoms with Crippen molar-refractivity contribution in [2.45, 2.75) is 0 Å². The second-order valence-electron chi connectivity index (χ2n) is 6.43. The lowest BCUT2D eigenvalue weighted by Gasteiger charge is -2.20. The van der Waals surface area contributed by atoms with Gasteiger partial charge in [-0.05, 0) is 24.3 Å². The van der Waals surface area contributed by atoms with Gasteiger partial charge in [0.1, 0.15) is 18.0 Å². The monoisotopic (exact) mass is 412 g/mol. The van der Waals surface area contributed by atoms with Crippen LogP contribution in [0.1, 0.15) is 0 Å². The van der Waals surface area contributed by atoms with Crippen LogP contribution < -0.4 is 19.7 Å². The second-order valence-corrected chi connectivity index (χ2v) is 7.46. The van der Waals surface area contributed by atoms with Crippen molar-refractivity contribution in [3.63, 3.8) is 0 Å². The van der Waals surface area contributed by atoms with Crippen LogP contribution in [0.25, 0.3) is 10.2 Å². The number of ether oxygens (including phenoxy) is 2. The number of carbonyl (C=O) groups is 2. The van der Waals surface area contributed by atoms with E-state index >= 15 is 0 Å². The molecule has 0 atom stereocenters. The van der Waals surface area contributed by atoms with Gasteiger partial charge in [0.25, 0.3) is 0 Å². The Balaban J connectivity index is 1.44. The zero-order valence-electron chi connectivity index (χ0n) is 16.0. The molecular formula is C20H20N4O4S. The summed E-state index contributed by atoms with van der Waals surface area (Å²) in [6.45, 7) is 0.848. The molecule has 1 saturated heterocycles. The van der Waals surface area contributed by atoms with Gasteiger partial charge in [0.2, 0.25) is 5.91 Å². The highest BCUT2D eigenvalue weighted by atomic mass is 32.1. The Hall–Kier alpha value is -3.33. The molecule has 9 heteroatoms. The number of amides is 3. The molecule has 0 unspecified atom stereocenters. The SMILES string of the molecule is COc1ccc(OC)c(N2CCN(CC(=O)Nc3nc4ccccc4s3)C2=O)c1. The number of hydrogen-bond donors (Lipinski definition) is 1. The van der Waals surface area contributed by atoms with Gasteiger partial charge in [0.05, 0.1) is 30.1 Å². The Morgan fingerprint density at radius 2 is 2.00 bits per heavy atom. The van der Waals surface area contributed by atoms with E-state index in [1.54, 1.807) is 37.3 Å². The van der Waals surface area contributed by atoms with Gasteiger partial charge < -0.3 is 19.7 Å². The summed E-state index contributed by atoms with van der Waals surface area (Å²) < 4.78 is 11.6. The third-order valence-electron chi connectivity index (χ3n) is 4.65. The first kappa shape index (κ1) is 19.0. The van der Waals surface area contributed by atoms with Crippen molar-refractivity contribution in [3.8, 4) is 11.5 Å². The molecule has 150 valence electrons. The topological polar surface area (TPSA) is 84.0 Å². The van der Waals surface area contributed by atoms with E-state index in [4.69, 9.17) is 9.47 Å². The number of hydrogen-bond acceptors (Lipinski definition) is 6. The second kappa shape index (κ2) is 7.96. The van der Waals surface area contributed by atoms with Crippen molar-refractivity contribution in [1.82, 2.24) is 9.88 Å². The van der Waals surface area contributed by atoms with Crippen LogP contribution in [0.2, 0.25) is 0 Å². The number of urea groups is 1. The zero-order valence-corrected chi connectivity index (χ0v) is 16.9. The Morgan fingerprint density at radius 3 is 2.76 bits per heavy atom. The number of benzene rings is 2. The molecule has 2 aromatic carbocycles. The van der Waals surface area contributed by atoms with Gasteiger partial charge in [-0.1, -0.05) is 23.5 Å². The number of para-hydroxylation sites is 1. The Kier molecular flexibility index (Phi) is 5.22. The van der Waals surface area contributed by atoms with Crippen LogP contribution in [0.15, 0.2) is 42.5 Å². The average molecular weight is 412 g/mol. The lowest BCUT2D eigenvalue weighted by molar-refractivity contribution is -0.116. The predicted molar refractivity (Wildman–Crippen MR) is 112 cm³/mol. The summed E-state index contributed by atoms with van der Waals surface area (Å²) in [5.41, 5.74) is 1.45. The molecule has 29 heavy (non-hydrogen) atoms. The molecule has 1 fully saturated rings. The first-order chi connectivity index (χ1) is 14.1. The molecule has 1 aliphatic heterocycles. The fourth-order valence-electron chi connectivity index (χ4n) is 3.22. The highest BCUT2D eigenvalue weighted by Crippen LogP contribution is 2.34. The molecule has 3 aromatic rings. The summed E-state index contributed by atoms with van der Waals surface area (Å²) in [6.07, 6.45) is 0. The zero-order chi connectivity index (χ0) is 20.4. The quantitative estimate of drug-likeness (QED) is 0.672. The molecule has 1 aromatic heterocycles. The summed E-state index contributed by atoms with van der Waals surface area (Å²) in [6, 6.07) is 12.7.